The summed E-state index contributed by atoms with van der Waals surface area (Å²) in [6.45, 7) is 0. The number of aromatic nitrogens is 3. The SMILES string of the molecule is Nc1c(Nc2ccncc2)ncnc1Nc1cc(C(F)(F)F)ccc1Cl. The van der Waals surface area contributed by atoms with Gasteiger partial charge in [-0.15, -0.1) is 0 Å². The first-order chi connectivity index (χ1) is 12.3. The van der Waals surface area contributed by atoms with Gasteiger partial charge in [-0.3, -0.25) is 4.98 Å². The molecule has 134 valence electrons. The van der Waals surface area contributed by atoms with Gasteiger partial charge in [0.2, 0.25) is 0 Å². The smallest absolute Gasteiger partial charge is 0.393 e. The molecule has 0 atom stereocenters. The molecule has 0 bridgehead atoms. The van der Waals surface area contributed by atoms with Crippen LogP contribution >= 0.6 is 11.6 Å². The first-order valence-electron chi connectivity index (χ1n) is 7.26. The van der Waals surface area contributed by atoms with Gasteiger partial charge in [0.25, 0.3) is 0 Å². The van der Waals surface area contributed by atoms with E-state index in [2.05, 4.69) is 25.6 Å². The van der Waals surface area contributed by atoms with Crippen LogP contribution in [0.5, 0.6) is 0 Å². The maximum atomic E-state index is 12.9. The number of nitrogens with one attached hydrogen (secondary N) is 2. The summed E-state index contributed by atoms with van der Waals surface area (Å²) in [6.07, 6.45) is -0.0986. The van der Waals surface area contributed by atoms with E-state index in [1.54, 1.807) is 24.5 Å². The van der Waals surface area contributed by atoms with Gasteiger partial charge in [0.05, 0.1) is 16.3 Å². The second kappa shape index (κ2) is 7.04. The van der Waals surface area contributed by atoms with Crippen molar-refractivity contribution in [2.24, 2.45) is 0 Å². The lowest BCUT2D eigenvalue weighted by Gasteiger charge is -2.15. The monoisotopic (exact) mass is 380 g/mol. The molecule has 1 aromatic carbocycles. The Balaban J connectivity index is 1.90. The molecule has 0 unspecified atom stereocenters. The molecular formula is C16H12ClF3N6. The van der Waals surface area contributed by atoms with Gasteiger partial charge in [-0.1, -0.05) is 11.6 Å². The zero-order valence-corrected chi connectivity index (χ0v) is 13.8. The van der Waals surface area contributed by atoms with Gasteiger partial charge in [-0.25, -0.2) is 9.97 Å². The lowest BCUT2D eigenvalue weighted by atomic mass is 10.2. The predicted octanol–water partition coefficient (Wildman–Crippen LogP) is 4.61. The third kappa shape index (κ3) is 3.94. The van der Waals surface area contributed by atoms with Crippen LogP contribution in [0.3, 0.4) is 0 Å². The van der Waals surface area contributed by atoms with Crippen LogP contribution in [0.25, 0.3) is 0 Å². The Morgan fingerprint density at radius 2 is 1.62 bits per heavy atom. The standard InChI is InChI=1S/C16H12ClF3N6/c17-11-2-1-9(16(18,19)20)7-12(11)26-15-13(21)14(23-8-24-15)25-10-3-5-22-6-4-10/h1-8H,21H2,(H2,22,23,24,25,26). The number of pyridine rings is 1. The molecule has 3 aromatic rings. The summed E-state index contributed by atoms with van der Waals surface area (Å²) in [4.78, 5) is 11.9. The molecule has 0 amide bonds. The van der Waals surface area contributed by atoms with Crippen molar-refractivity contribution in [1.82, 2.24) is 15.0 Å². The van der Waals surface area contributed by atoms with Crippen molar-refractivity contribution in [2.45, 2.75) is 6.18 Å². The Hall–Kier alpha value is -3.07. The van der Waals surface area contributed by atoms with Gasteiger partial charge in [0.15, 0.2) is 11.6 Å². The molecule has 2 aromatic heterocycles. The van der Waals surface area contributed by atoms with Crippen LogP contribution in [0.2, 0.25) is 5.02 Å². The summed E-state index contributed by atoms with van der Waals surface area (Å²) in [6, 6.07) is 6.35. The van der Waals surface area contributed by atoms with Gasteiger partial charge in [0.1, 0.15) is 12.0 Å². The Kier molecular flexibility index (Phi) is 4.81. The highest BCUT2D eigenvalue weighted by molar-refractivity contribution is 6.33. The predicted molar refractivity (Wildman–Crippen MR) is 93.7 cm³/mol. The first-order valence-corrected chi connectivity index (χ1v) is 7.63. The molecule has 0 fully saturated rings. The van der Waals surface area contributed by atoms with Gasteiger partial charge in [-0.05, 0) is 30.3 Å². The molecule has 0 saturated carbocycles. The fraction of sp³-hybridized carbons (Fsp3) is 0.0625. The maximum absolute atomic E-state index is 12.9. The fourth-order valence-electron chi connectivity index (χ4n) is 2.09. The van der Waals surface area contributed by atoms with E-state index < -0.39 is 11.7 Å². The third-order valence-corrected chi connectivity index (χ3v) is 3.70. The molecule has 3 rings (SSSR count). The van der Waals surface area contributed by atoms with Gasteiger partial charge in [-0.2, -0.15) is 13.2 Å². The number of hydrogen-bond donors (Lipinski definition) is 3. The molecule has 4 N–H and O–H groups in total. The number of halogens is 4. The summed E-state index contributed by atoms with van der Waals surface area (Å²) in [5, 5.41) is 5.80. The van der Waals surface area contributed by atoms with E-state index in [9.17, 15) is 13.2 Å². The lowest BCUT2D eigenvalue weighted by Crippen LogP contribution is -2.08. The van der Waals surface area contributed by atoms with E-state index in [4.69, 9.17) is 17.3 Å². The molecule has 6 nitrogen and oxygen atoms in total. The van der Waals surface area contributed by atoms with Crippen molar-refractivity contribution in [3.8, 4) is 0 Å². The van der Waals surface area contributed by atoms with Crippen LogP contribution in [-0.4, -0.2) is 15.0 Å². The van der Waals surface area contributed by atoms with Crippen LogP contribution < -0.4 is 16.4 Å². The minimum Gasteiger partial charge on any atom is -0.393 e. The lowest BCUT2D eigenvalue weighted by molar-refractivity contribution is -0.137. The van der Waals surface area contributed by atoms with E-state index in [1.165, 1.54) is 6.33 Å². The largest absolute Gasteiger partial charge is 0.416 e. The average molecular weight is 381 g/mol. The quantitative estimate of drug-likeness (QED) is 0.612. The topological polar surface area (TPSA) is 88.8 Å². The van der Waals surface area contributed by atoms with E-state index in [0.717, 1.165) is 18.2 Å². The van der Waals surface area contributed by atoms with E-state index in [1.807, 2.05) is 0 Å². The van der Waals surface area contributed by atoms with E-state index in [-0.39, 0.29) is 28.0 Å². The zero-order valence-electron chi connectivity index (χ0n) is 13.0. The normalized spacial score (nSPS) is 11.2. The molecule has 2 heterocycles. The van der Waals surface area contributed by atoms with Gasteiger partial charge >= 0.3 is 6.18 Å². The number of rotatable bonds is 4. The highest BCUT2D eigenvalue weighted by Crippen LogP contribution is 2.36. The van der Waals surface area contributed by atoms with Crippen molar-refractivity contribution in [1.29, 1.82) is 0 Å². The van der Waals surface area contributed by atoms with Gasteiger partial charge in [0, 0.05) is 18.1 Å². The molecule has 10 heteroatoms. The van der Waals surface area contributed by atoms with Crippen LogP contribution in [-0.2, 0) is 6.18 Å². The van der Waals surface area contributed by atoms with Crippen LogP contribution in [0.4, 0.5) is 41.9 Å². The molecule has 26 heavy (non-hydrogen) atoms. The Morgan fingerprint density at radius 1 is 0.962 bits per heavy atom. The Labute approximate surface area is 151 Å². The minimum absolute atomic E-state index is 0.0294. The molecular weight excluding hydrogens is 369 g/mol. The van der Waals surface area contributed by atoms with Crippen molar-refractivity contribution in [3.05, 3.63) is 59.6 Å². The van der Waals surface area contributed by atoms with Crippen molar-refractivity contribution < 1.29 is 13.2 Å². The van der Waals surface area contributed by atoms with Crippen molar-refractivity contribution >= 4 is 40.3 Å². The summed E-state index contributed by atoms with van der Waals surface area (Å²) >= 11 is 5.98. The summed E-state index contributed by atoms with van der Waals surface area (Å²) in [7, 11) is 0. The summed E-state index contributed by atoms with van der Waals surface area (Å²) < 4.78 is 38.7. The molecule has 0 radical (unpaired) electrons. The third-order valence-electron chi connectivity index (χ3n) is 3.37. The average Bonchev–Trinajstić information content (AvgIpc) is 2.60. The number of anilines is 5. The number of nitrogen functional groups attached to an aromatic ring is 1. The van der Waals surface area contributed by atoms with E-state index in [0.29, 0.717) is 5.69 Å². The second-order valence-corrected chi connectivity index (χ2v) is 5.57. The Bertz CT molecular complexity index is 918. The molecule has 0 aliphatic carbocycles. The van der Waals surface area contributed by atoms with Crippen LogP contribution in [0, 0.1) is 0 Å². The van der Waals surface area contributed by atoms with Crippen LogP contribution in [0.1, 0.15) is 5.56 Å². The number of nitrogens with two attached hydrogens (primary N) is 1. The van der Waals surface area contributed by atoms with Gasteiger partial charge < -0.3 is 16.4 Å². The Morgan fingerprint density at radius 3 is 2.27 bits per heavy atom. The number of hydrogen-bond acceptors (Lipinski definition) is 6. The number of benzene rings is 1. The molecule has 0 aliphatic rings. The molecule has 0 saturated heterocycles. The summed E-state index contributed by atoms with van der Waals surface area (Å²) in [5.74, 6) is 0.412. The molecule has 0 aliphatic heterocycles. The first kappa shape index (κ1) is 17.7. The van der Waals surface area contributed by atoms with Crippen LogP contribution in [0.15, 0.2) is 49.1 Å². The summed E-state index contributed by atoms with van der Waals surface area (Å²) in [5.41, 5.74) is 6.02. The second-order valence-electron chi connectivity index (χ2n) is 5.16. The zero-order chi connectivity index (χ0) is 18.7. The van der Waals surface area contributed by atoms with Crippen molar-refractivity contribution in [3.63, 3.8) is 0 Å². The fourth-order valence-corrected chi connectivity index (χ4v) is 2.26. The van der Waals surface area contributed by atoms with Crippen molar-refractivity contribution in [2.75, 3.05) is 16.4 Å². The minimum atomic E-state index is -4.49. The van der Waals surface area contributed by atoms with E-state index >= 15 is 0 Å². The number of alkyl halides is 3. The number of nitrogens with zero attached hydrogens (tertiary/aromatic N) is 3. The molecule has 0 spiro atoms. The maximum Gasteiger partial charge on any atom is 0.416 e. The highest BCUT2D eigenvalue weighted by Gasteiger charge is 2.31. The highest BCUT2D eigenvalue weighted by atomic mass is 35.5.